The third-order valence-corrected chi connectivity index (χ3v) is 8.35. The van der Waals surface area contributed by atoms with Gasteiger partial charge in [-0.1, -0.05) is 42.5 Å². The Morgan fingerprint density at radius 1 is 0.800 bits per heavy atom. The minimum Gasteiger partial charge on any atom is -1.00 e. The zero-order chi connectivity index (χ0) is 35.1. The second kappa shape index (κ2) is 23.7. The normalized spacial score (nSPS) is 13.2. The standard InChI is InChI=1S/C18H18F3NOS.C12H15NOS.C6H2F3.BrH.Mg/c1-24-8-7-14(22-18(23)12-5-3-2-4-6-12)9-13-10-16(20)17(21)11-15(13)19;1-15-8-7-11-9-13(11)12(14)10-5-3-2-4-6-10;7-4-1-2-5(8)6(9)3-4;;/h2-6,10-11,14H,7-9H2,1H3,(H,22,23);2-6,11H,7-9H2,1H3;2-3H;1H;/q;;-1;;+2/p-1/t14-;11-,13?;;;/m00.../s1. The van der Waals surface area contributed by atoms with Crippen molar-refractivity contribution >= 4 is 58.4 Å². The first-order valence-corrected chi connectivity index (χ1v) is 17.7. The van der Waals surface area contributed by atoms with Gasteiger partial charge < -0.3 is 27.2 Å². The van der Waals surface area contributed by atoms with Crippen LogP contribution in [0.3, 0.4) is 0 Å². The number of thioether (sulfide) groups is 2. The second-order valence-electron chi connectivity index (χ2n) is 10.6. The number of nitrogens with zero attached hydrogens (tertiary/aromatic N) is 1. The van der Waals surface area contributed by atoms with Gasteiger partial charge in [-0.3, -0.25) is 14.0 Å². The Kier molecular flexibility index (Phi) is 21.5. The first-order valence-electron chi connectivity index (χ1n) is 14.9. The number of hydrogen-bond acceptors (Lipinski definition) is 4. The summed E-state index contributed by atoms with van der Waals surface area (Å²) in [6.07, 6.45) is 5.85. The molecule has 1 N–H and O–H groups in total. The predicted octanol–water partition coefficient (Wildman–Crippen LogP) is 4.99. The molecule has 264 valence electrons. The molecule has 1 heterocycles. The van der Waals surface area contributed by atoms with Gasteiger partial charge in [0.25, 0.3) is 11.8 Å². The molecule has 1 saturated heterocycles. The van der Waals surface area contributed by atoms with Crippen molar-refractivity contribution < 1.29 is 52.9 Å². The average Bonchev–Trinajstić information content (AvgIpc) is 3.87. The molecule has 5 rings (SSSR count). The summed E-state index contributed by atoms with van der Waals surface area (Å²) in [4.78, 5) is 26.1. The number of benzene rings is 4. The molecule has 1 aliphatic heterocycles. The molecule has 0 saturated carbocycles. The summed E-state index contributed by atoms with van der Waals surface area (Å²) in [5.74, 6) is -4.48. The van der Waals surface area contributed by atoms with Crippen LogP contribution >= 0.6 is 23.5 Å². The van der Waals surface area contributed by atoms with E-state index in [1.165, 1.54) is 0 Å². The molecule has 0 bridgehead atoms. The maximum atomic E-state index is 13.8. The van der Waals surface area contributed by atoms with Crippen LogP contribution in [0.4, 0.5) is 26.3 Å². The predicted molar refractivity (Wildman–Crippen MR) is 186 cm³/mol. The molecule has 0 aliphatic carbocycles. The van der Waals surface area contributed by atoms with Crippen LogP contribution in [-0.2, 0) is 6.42 Å². The van der Waals surface area contributed by atoms with E-state index in [4.69, 9.17) is 0 Å². The molecule has 4 nitrogen and oxygen atoms in total. The van der Waals surface area contributed by atoms with E-state index in [0.29, 0.717) is 36.2 Å². The fraction of sp³-hybridized carbons (Fsp3) is 0.278. The van der Waals surface area contributed by atoms with Gasteiger partial charge in [0.05, 0.1) is 11.9 Å². The monoisotopic (exact) mass is 808 g/mol. The maximum Gasteiger partial charge on any atom is 2.00 e. The Hall–Kier alpha value is -2.65. The third-order valence-electron chi connectivity index (χ3n) is 7.07. The van der Waals surface area contributed by atoms with Gasteiger partial charge in [0.15, 0.2) is 11.6 Å². The number of amides is 2. The van der Waals surface area contributed by atoms with E-state index >= 15 is 0 Å². The molecule has 1 aliphatic rings. The summed E-state index contributed by atoms with van der Waals surface area (Å²) in [6.45, 7) is 0.939. The number of hydrogen-bond donors (Lipinski definition) is 1. The van der Waals surface area contributed by atoms with Gasteiger partial charge in [0.1, 0.15) is 5.82 Å². The minimum absolute atomic E-state index is 0. The van der Waals surface area contributed by atoms with Crippen LogP contribution in [0.5, 0.6) is 0 Å². The van der Waals surface area contributed by atoms with Crippen molar-refractivity contribution in [1.82, 2.24) is 10.2 Å². The summed E-state index contributed by atoms with van der Waals surface area (Å²) in [6, 6.07) is 22.6. The number of carbonyl (C=O) groups is 2. The van der Waals surface area contributed by atoms with Crippen LogP contribution in [0.25, 0.3) is 0 Å². The first kappa shape index (κ1) is 45.4. The Morgan fingerprint density at radius 3 is 1.92 bits per heavy atom. The number of halogens is 7. The smallest absolute Gasteiger partial charge is 1.00 e. The van der Waals surface area contributed by atoms with Crippen LogP contribution in [0, 0.1) is 41.0 Å². The third kappa shape index (κ3) is 15.3. The van der Waals surface area contributed by atoms with Crippen molar-refractivity contribution in [2.24, 2.45) is 0 Å². The van der Waals surface area contributed by atoms with Gasteiger partial charge >= 0.3 is 23.1 Å². The quantitative estimate of drug-likeness (QED) is 0.0764. The molecule has 1 fully saturated rings. The average molecular weight is 810 g/mol. The van der Waals surface area contributed by atoms with Gasteiger partial charge in [0, 0.05) is 41.4 Å². The fourth-order valence-corrected chi connectivity index (χ4v) is 5.46. The van der Waals surface area contributed by atoms with Gasteiger partial charge in [-0.25, -0.2) is 22.0 Å². The molecule has 0 radical (unpaired) electrons. The molecule has 14 heteroatoms. The van der Waals surface area contributed by atoms with Crippen molar-refractivity contribution in [3.63, 3.8) is 0 Å². The molecule has 0 spiro atoms. The van der Waals surface area contributed by atoms with E-state index in [1.807, 2.05) is 59.3 Å². The largest absolute Gasteiger partial charge is 2.00 e. The van der Waals surface area contributed by atoms with E-state index in [2.05, 4.69) is 11.6 Å². The maximum absolute atomic E-state index is 13.8. The van der Waals surface area contributed by atoms with Crippen molar-refractivity contribution in [2.45, 2.75) is 31.3 Å². The van der Waals surface area contributed by atoms with E-state index in [0.717, 1.165) is 36.1 Å². The van der Waals surface area contributed by atoms with E-state index < -0.39 is 34.9 Å². The van der Waals surface area contributed by atoms with Crippen LogP contribution in [0.1, 0.15) is 39.1 Å². The number of rotatable bonds is 11. The van der Waals surface area contributed by atoms with Gasteiger partial charge in [-0.2, -0.15) is 23.5 Å². The summed E-state index contributed by atoms with van der Waals surface area (Å²) in [7, 11) is 0. The van der Waals surface area contributed by atoms with Crippen molar-refractivity contribution in [3.8, 4) is 0 Å². The molecular formula is C36H35BrF6MgN2O2S2. The molecule has 50 heavy (non-hydrogen) atoms. The second-order valence-corrected chi connectivity index (χ2v) is 12.6. The minimum atomic E-state index is -1.22. The number of nitrogens with one attached hydrogen (secondary N) is 1. The molecule has 0 unspecified atom stereocenters. The summed E-state index contributed by atoms with van der Waals surface area (Å²) < 4.78 is 76.0. The molecular weight excluding hydrogens is 775 g/mol. The van der Waals surface area contributed by atoms with Crippen molar-refractivity contribution in [1.29, 1.82) is 0 Å². The summed E-state index contributed by atoms with van der Waals surface area (Å²) in [5, 5.41) is 2.84. The summed E-state index contributed by atoms with van der Waals surface area (Å²) >= 11 is 3.44. The zero-order valence-corrected chi connectivity index (χ0v) is 32.0. The molecule has 2 amide bonds. The zero-order valence-electron chi connectivity index (χ0n) is 27.4. The topological polar surface area (TPSA) is 49.2 Å². The van der Waals surface area contributed by atoms with Crippen molar-refractivity contribution in [2.75, 3.05) is 30.6 Å². The fourth-order valence-electron chi connectivity index (χ4n) is 4.43. The SMILES string of the molecule is CSCC[C@@H](Cc1cc(F)c(F)cc1F)NC(=O)c1ccccc1.CSCC[C@H]1CN1C(=O)c1ccccc1.Fc1[c-]cc(F)c(F)c1.[Br-].[Mg+2]. The Balaban J connectivity index is 0.000000410. The van der Waals surface area contributed by atoms with E-state index in [9.17, 15) is 35.9 Å². The van der Waals surface area contributed by atoms with Gasteiger partial charge in [-0.05, 0) is 79.2 Å². The van der Waals surface area contributed by atoms with E-state index in [1.54, 1.807) is 42.1 Å². The van der Waals surface area contributed by atoms with Gasteiger partial charge in [0.2, 0.25) is 0 Å². The van der Waals surface area contributed by atoms with Crippen LogP contribution in [0.2, 0.25) is 0 Å². The van der Waals surface area contributed by atoms with E-state index in [-0.39, 0.29) is 69.9 Å². The van der Waals surface area contributed by atoms with Gasteiger partial charge in [-0.15, -0.1) is 12.1 Å². The summed E-state index contributed by atoms with van der Waals surface area (Å²) in [5.41, 5.74) is 1.36. The molecule has 4 aromatic rings. The Labute approximate surface area is 324 Å². The Morgan fingerprint density at radius 2 is 1.36 bits per heavy atom. The molecule has 0 aromatic heterocycles. The number of carbonyl (C=O) groups excluding carboxylic acids is 2. The van der Waals surface area contributed by atoms with Crippen molar-refractivity contribution in [3.05, 3.63) is 143 Å². The van der Waals surface area contributed by atoms with Crippen LogP contribution in [0.15, 0.2) is 84.9 Å². The van der Waals surface area contributed by atoms with Crippen LogP contribution in [-0.4, -0.2) is 82.4 Å². The van der Waals surface area contributed by atoms with Crippen LogP contribution < -0.4 is 22.3 Å². The first-order chi connectivity index (χ1) is 23.0. The molecule has 2 atom stereocenters. The molecule has 4 aromatic carbocycles. The Bertz CT molecular complexity index is 1630.